The summed E-state index contributed by atoms with van der Waals surface area (Å²) in [4.78, 5) is 38.5. The third kappa shape index (κ3) is 6.83. The summed E-state index contributed by atoms with van der Waals surface area (Å²) < 4.78 is 1.15. The van der Waals surface area contributed by atoms with E-state index in [1.165, 1.54) is 21.0 Å². The van der Waals surface area contributed by atoms with Gasteiger partial charge in [-0.1, -0.05) is 0 Å². The first kappa shape index (κ1) is 29.7. The molecule has 1 rings (SSSR count). The van der Waals surface area contributed by atoms with Gasteiger partial charge in [-0.2, -0.15) is 0 Å². The van der Waals surface area contributed by atoms with Crippen LogP contribution in [0.5, 0.6) is 0 Å². The summed E-state index contributed by atoms with van der Waals surface area (Å²) in [6.07, 6.45) is -6.98. The van der Waals surface area contributed by atoms with Crippen molar-refractivity contribution in [1.82, 2.24) is 10.2 Å². The van der Waals surface area contributed by atoms with Crippen molar-refractivity contribution in [3.8, 4) is 0 Å². The number of carbonyl (C=O) groups is 3. The third-order valence-electron chi connectivity index (χ3n) is 4.42. The van der Waals surface area contributed by atoms with E-state index >= 15 is 0 Å². The van der Waals surface area contributed by atoms with Crippen LogP contribution in [0.4, 0.5) is 5.69 Å². The summed E-state index contributed by atoms with van der Waals surface area (Å²) in [5.74, 6) is -1.47. The minimum absolute atomic E-state index is 0.106. The van der Waals surface area contributed by atoms with Crippen molar-refractivity contribution in [2.45, 2.75) is 31.3 Å². The molecule has 0 aliphatic carbocycles. The van der Waals surface area contributed by atoms with Crippen molar-refractivity contribution >= 4 is 91.2 Å². The van der Waals surface area contributed by atoms with Crippen LogP contribution < -0.4 is 10.6 Å². The molecule has 14 heteroatoms. The molecule has 7 N–H and O–H groups in total. The smallest absolute Gasteiger partial charge is 0.255 e. The molecule has 32 heavy (non-hydrogen) atoms. The lowest BCUT2D eigenvalue weighted by molar-refractivity contribution is -0.117. The van der Waals surface area contributed by atoms with Gasteiger partial charge in [-0.3, -0.25) is 14.4 Å². The fourth-order valence-corrected chi connectivity index (χ4v) is 7.07. The van der Waals surface area contributed by atoms with E-state index in [1.807, 2.05) is 67.8 Å². The van der Waals surface area contributed by atoms with Crippen LogP contribution >= 0.6 is 67.8 Å². The van der Waals surface area contributed by atoms with Gasteiger partial charge in [0.05, 0.1) is 30.6 Å². The number of likely N-dealkylation sites (N-methyl/N-ethyl adjacent to an activating group) is 1. The average Bonchev–Trinajstić information content (AvgIpc) is 2.74. The predicted octanol–water partition coefficient (Wildman–Crippen LogP) is -0.674. The Bertz CT molecular complexity index is 886. The van der Waals surface area contributed by atoms with Crippen LogP contribution in [0.1, 0.15) is 27.6 Å². The molecule has 0 aromatic heterocycles. The quantitative estimate of drug-likeness (QED) is 0.161. The van der Waals surface area contributed by atoms with E-state index in [2.05, 4.69) is 10.6 Å². The SMILES string of the molecule is CNC(=O)c1c(I)c(NC(C)=O)c(I)c(C(=O)N(C)C[C@H](O)[C@@H](O)[C@H](O)[C@H](O)CO)c1I. The number of nitrogens with zero attached hydrogens (tertiary/aromatic N) is 1. The van der Waals surface area contributed by atoms with Gasteiger partial charge in [0.2, 0.25) is 5.91 Å². The second-order valence-electron chi connectivity index (χ2n) is 6.81. The normalized spacial score (nSPS) is 14.8. The topological polar surface area (TPSA) is 180 Å². The summed E-state index contributed by atoms with van der Waals surface area (Å²) in [5.41, 5.74) is 0.585. The molecule has 11 nitrogen and oxygen atoms in total. The van der Waals surface area contributed by atoms with Crippen LogP contribution in [0.3, 0.4) is 0 Å². The predicted molar refractivity (Wildman–Crippen MR) is 140 cm³/mol. The monoisotopic (exact) mass is 791 g/mol. The molecule has 0 saturated carbocycles. The summed E-state index contributed by atoms with van der Waals surface area (Å²) in [6.45, 7) is 0.0340. The number of carbonyl (C=O) groups excluding carboxylic acids is 3. The van der Waals surface area contributed by atoms with Crippen molar-refractivity contribution in [1.29, 1.82) is 0 Å². The van der Waals surface area contributed by atoms with E-state index in [4.69, 9.17) is 5.11 Å². The van der Waals surface area contributed by atoms with Gasteiger partial charge in [0.15, 0.2) is 0 Å². The highest BCUT2D eigenvalue weighted by Crippen LogP contribution is 2.36. The number of rotatable bonds is 9. The lowest BCUT2D eigenvalue weighted by Crippen LogP contribution is -2.50. The molecule has 1 aromatic rings. The number of aliphatic hydroxyl groups is 5. The Morgan fingerprint density at radius 1 is 0.938 bits per heavy atom. The Kier molecular flexibility index (Phi) is 12.0. The number of hydrogen-bond donors (Lipinski definition) is 7. The standard InChI is InChI=1S/C18H24I3N3O8/c1-6(26)23-14-12(20)9(17(31)22-2)11(19)10(13(14)21)18(32)24(3)4-7(27)15(29)16(30)8(28)5-25/h7-8,15-16,25,27-30H,4-5H2,1-3H3,(H,22,31)(H,23,26)/t7-,8+,15+,16+/m0/s1. The second-order valence-corrected chi connectivity index (χ2v) is 10.0. The maximum atomic E-state index is 13.2. The summed E-state index contributed by atoms with van der Waals surface area (Å²) in [6, 6.07) is 0. The number of nitrogens with one attached hydrogen (secondary N) is 2. The fraction of sp³-hybridized carbons (Fsp3) is 0.500. The maximum absolute atomic E-state index is 13.2. The van der Waals surface area contributed by atoms with E-state index in [0.29, 0.717) is 10.7 Å². The van der Waals surface area contributed by atoms with Gasteiger partial charge in [-0.15, -0.1) is 0 Å². The summed E-state index contributed by atoms with van der Waals surface area (Å²) in [5, 5.41) is 53.5. The van der Waals surface area contributed by atoms with Gasteiger partial charge in [0, 0.05) is 31.1 Å². The van der Waals surface area contributed by atoms with Crippen LogP contribution in [-0.2, 0) is 4.79 Å². The molecule has 4 atom stereocenters. The van der Waals surface area contributed by atoms with Crippen molar-refractivity contribution in [3.63, 3.8) is 0 Å². The fourth-order valence-electron chi connectivity index (χ4n) is 2.69. The number of anilines is 1. The maximum Gasteiger partial charge on any atom is 0.255 e. The Hall–Kier alpha value is -0.380. The van der Waals surface area contributed by atoms with Crippen molar-refractivity contribution < 1.29 is 39.9 Å². The molecular formula is C18H24I3N3O8. The summed E-state index contributed by atoms with van der Waals surface area (Å²) >= 11 is 5.65. The Balaban J connectivity index is 3.40. The van der Waals surface area contributed by atoms with Crippen molar-refractivity contribution in [3.05, 3.63) is 21.8 Å². The van der Waals surface area contributed by atoms with Crippen LogP contribution in [0, 0.1) is 10.7 Å². The van der Waals surface area contributed by atoms with E-state index in [-0.39, 0.29) is 16.8 Å². The first-order valence-electron chi connectivity index (χ1n) is 9.08. The Labute approximate surface area is 225 Å². The lowest BCUT2D eigenvalue weighted by atomic mass is 10.0. The zero-order valence-electron chi connectivity index (χ0n) is 17.3. The summed E-state index contributed by atoms with van der Waals surface area (Å²) in [7, 11) is 2.77. The van der Waals surface area contributed by atoms with Crippen LogP contribution in [-0.4, -0.2) is 99.8 Å². The molecule has 0 saturated heterocycles. The van der Waals surface area contributed by atoms with E-state index in [1.54, 1.807) is 0 Å². The minimum atomic E-state index is -1.83. The van der Waals surface area contributed by atoms with Crippen LogP contribution in [0.25, 0.3) is 0 Å². The molecule has 0 unspecified atom stereocenters. The van der Waals surface area contributed by atoms with Gasteiger partial charge in [-0.25, -0.2) is 0 Å². The van der Waals surface area contributed by atoms with Gasteiger partial charge in [0.1, 0.15) is 24.4 Å². The Morgan fingerprint density at radius 2 is 1.44 bits per heavy atom. The van der Waals surface area contributed by atoms with Crippen LogP contribution in [0.2, 0.25) is 0 Å². The molecule has 0 aliphatic heterocycles. The largest absolute Gasteiger partial charge is 0.394 e. The van der Waals surface area contributed by atoms with Gasteiger partial charge < -0.3 is 41.1 Å². The molecule has 0 aliphatic rings. The first-order valence-corrected chi connectivity index (χ1v) is 12.3. The van der Waals surface area contributed by atoms with Crippen molar-refractivity contribution in [2.24, 2.45) is 0 Å². The second kappa shape index (κ2) is 12.9. The molecule has 1 aromatic carbocycles. The molecule has 0 spiro atoms. The van der Waals surface area contributed by atoms with Crippen LogP contribution in [0.15, 0.2) is 0 Å². The van der Waals surface area contributed by atoms with Gasteiger partial charge in [0.25, 0.3) is 11.8 Å². The zero-order valence-corrected chi connectivity index (χ0v) is 23.7. The highest BCUT2D eigenvalue weighted by atomic mass is 127. The molecule has 3 amide bonds. The number of amides is 3. The lowest BCUT2D eigenvalue weighted by Gasteiger charge is -2.29. The third-order valence-corrected chi connectivity index (χ3v) is 7.66. The number of hydrogen-bond acceptors (Lipinski definition) is 8. The molecule has 0 radical (unpaired) electrons. The van der Waals surface area contributed by atoms with Crippen molar-refractivity contribution in [2.75, 3.05) is 32.6 Å². The van der Waals surface area contributed by atoms with E-state index in [0.717, 1.165) is 4.90 Å². The number of aliphatic hydroxyl groups excluding tert-OH is 5. The number of halogens is 3. The zero-order chi connectivity index (χ0) is 24.9. The minimum Gasteiger partial charge on any atom is -0.394 e. The highest BCUT2D eigenvalue weighted by Gasteiger charge is 2.33. The van der Waals surface area contributed by atoms with E-state index < -0.39 is 55.3 Å². The first-order chi connectivity index (χ1) is 14.8. The number of benzene rings is 1. The molecular weight excluding hydrogens is 767 g/mol. The van der Waals surface area contributed by atoms with Gasteiger partial charge in [-0.05, 0) is 67.8 Å². The van der Waals surface area contributed by atoms with Gasteiger partial charge >= 0.3 is 0 Å². The molecule has 180 valence electrons. The molecule has 0 fully saturated rings. The average molecular weight is 791 g/mol. The highest BCUT2D eigenvalue weighted by molar-refractivity contribution is 14.1. The van der Waals surface area contributed by atoms with E-state index in [9.17, 15) is 34.8 Å². The molecule has 0 heterocycles. The Morgan fingerprint density at radius 3 is 1.91 bits per heavy atom. The molecule has 0 bridgehead atoms.